The molecule has 0 atom stereocenters. The van der Waals surface area contributed by atoms with Crippen LogP contribution in [0.5, 0.6) is 5.75 Å². The maximum absolute atomic E-state index is 12.2. The lowest BCUT2D eigenvalue weighted by Crippen LogP contribution is -2.16. The van der Waals surface area contributed by atoms with Crippen LogP contribution in [0.1, 0.15) is 68.1 Å². The van der Waals surface area contributed by atoms with Crippen molar-refractivity contribution in [2.45, 2.75) is 64.1 Å². The molecular weight excluding hydrogens is 373 g/mol. The van der Waals surface area contributed by atoms with Gasteiger partial charge < -0.3 is 4.74 Å². The molecule has 29 heavy (non-hydrogen) atoms. The van der Waals surface area contributed by atoms with Gasteiger partial charge in [-0.1, -0.05) is 49.5 Å². The maximum Gasteiger partial charge on any atom is 0.573 e. The zero-order valence-corrected chi connectivity index (χ0v) is 16.8. The molecule has 4 heteroatoms. The number of hydrogen-bond donors (Lipinski definition) is 0. The molecule has 3 rings (SSSR count). The minimum atomic E-state index is -4.67. The van der Waals surface area contributed by atoms with Crippen molar-refractivity contribution >= 4 is 0 Å². The van der Waals surface area contributed by atoms with Crippen molar-refractivity contribution in [2.24, 2.45) is 5.92 Å². The van der Waals surface area contributed by atoms with E-state index in [0.29, 0.717) is 17.4 Å². The molecule has 1 aliphatic carbocycles. The van der Waals surface area contributed by atoms with Gasteiger partial charge in [0.1, 0.15) is 5.75 Å². The van der Waals surface area contributed by atoms with Crippen LogP contribution in [-0.2, 0) is 6.42 Å². The Morgan fingerprint density at radius 3 is 2.17 bits per heavy atom. The fraction of sp³-hybridized carbons (Fsp3) is 0.440. The van der Waals surface area contributed by atoms with Crippen molar-refractivity contribution in [1.82, 2.24) is 0 Å². The predicted octanol–water partition coefficient (Wildman–Crippen LogP) is 7.25. The summed E-state index contributed by atoms with van der Waals surface area (Å²) in [4.78, 5) is 0. The SMILES string of the molecule is CCCCc1ccc(C2CCC(C#Cc3ccc(OC(F)(F)F)cc3)CC2)cc1. The number of alkyl halides is 3. The summed E-state index contributed by atoms with van der Waals surface area (Å²) in [5.74, 6) is 7.13. The average molecular weight is 400 g/mol. The van der Waals surface area contributed by atoms with Crippen LogP contribution in [0.2, 0.25) is 0 Å². The molecule has 0 spiro atoms. The Morgan fingerprint density at radius 2 is 1.59 bits per heavy atom. The van der Waals surface area contributed by atoms with Gasteiger partial charge in [-0.2, -0.15) is 0 Å². The monoisotopic (exact) mass is 400 g/mol. The summed E-state index contributed by atoms with van der Waals surface area (Å²) < 4.78 is 40.5. The van der Waals surface area contributed by atoms with Crippen LogP contribution in [-0.4, -0.2) is 6.36 Å². The smallest absolute Gasteiger partial charge is 0.406 e. The Morgan fingerprint density at radius 1 is 0.931 bits per heavy atom. The summed E-state index contributed by atoms with van der Waals surface area (Å²) in [6.07, 6.45) is 3.33. The number of benzene rings is 2. The normalized spacial score (nSPS) is 19.3. The van der Waals surface area contributed by atoms with Gasteiger partial charge in [-0.3, -0.25) is 0 Å². The van der Waals surface area contributed by atoms with Crippen LogP contribution in [0.25, 0.3) is 0 Å². The molecule has 1 aliphatic rings. The zero-order chi connectivity index (χ0) is 20.7. The van der Waals surface area contributed by atoms with E-state index < -0.39 is 6.36 Å². The lowest BCUT2D eigenvalue weighted by molar-refractivity contribution is -0.274. The lowest BCUT2D eigenvalue weighted by Gasteiger charge is -2.26. The van der Waals surface area contributed by atoms with Gasteiger partial charge in [-0.05, 0) is 79.8 Å². The van der Waals surface area contributed by atoms with Crippen LogP contribution in [0.3, 0.4) is 0 Å². The molecule has 0 radical (unpaired) electrons. The van der Waals surface area contributed by atoms with E-state index in [0.717, 1.165) is 32.1 Å². The number of rotatable bonds is 5. The molecule has 0 saturated heterocycles. The molecule has 0 N–H and O–H groups in total. The highest BCUT2D eigenvalue weighted by Gasteiger charge is 2.30. The molecule has 154 valence electrons. The molecule has 0 aliphatic heterocycles. The fourth-order valence-electron chi connectivity index (χ4n) is 3.83. The second-order valence-electron chi connectivity index (χ2n) is 7.74. The predicted molar refractivity (Wildman–Crippen MR) is 110 cm³/mol. The fourth-order valence-corrected chi connectivity index (χ4v) is 3.83. The number of aryl methyl sites for hydroxylation is 1. The van der Waals surface area contributed by atoms with Gasteiger partial charge in [0, 0.05) is 11.5 Å². The second kappa shape index (κ2) is 9.87. The summed E-state index contributed by atoms with van der Waals surface area (Å²) in [6, 6.07) is 14.8. The van der Waals surface area contributed by atoms with Gasteiger partial charge in [0.2, 0.25) is 0 Å². The Hall–Kier alpha value is -2.41. The first-order valence-corrected chi connectivity index (χ1v) is 10.4. The highest BCUT2D eigenvalue weighted by atomic mass is 19.4. The molecule has 2 aromatic carbocycles. The van der Waals surface area contributed by atoms with E-state index >= 15 is 0 Å². The standard InChI is InChI=1S/C25H27F3O/c1-2-3-4-19-7-13-22(14-8-19)23-15-9-20(10-16-23)5-6-21-11-17-24(18-12-21)29-25(26,27)28/h7-8,11-14,17-18,20,23H,2-4,9-10,15-16H2,1H3. The Bertz CT molecular complexity index is 818. The van der Waals surface area contributed by atoms with Crippen molar-refractivity contribution in [1.29, 1.82) is 0 Å². The van der Waals surface area contributed by atoms with Crippen molar-refractivity contribution in [3.8, 4) is 17.6 Å². The van der Waals surface area contributed by atoms with E-state index in [1.165, 1.54) is 36.1 Å². The molecular formula is C25H27F3O. The van der Waals surface area contributed by atoms with Crippen LogP contribution < -0.4 is 4.74 Å². The van der Waals surface area contributed by atoms with Crippen molar-refractivity contribution in [3.05, 3.63) is 65.2 Å². The van der Waals surface area contributed by atoms with Gasteiger partial charge in [-0.15, -0.1) is 13.2 Å². The van der Waals surface area contributed by atoms with Crippen LogP contribution in [0, 0.1) is 17.8 Å². The highest BCUT2D eigenvalue weighted by Crippen LogP contribution is 2.35. The largest absolute Gasteiger partial charge is 0.573 e. The summed E-state index contributed by atoms with van der Waals surface area (Å²) in [5.41, 5.74) is 3.56. The van der Waals surface area contributed by atoms with Crippen molar-refractivity contribution in [2.75, 3.05) is 0 Å². The highest BCUT2D eigenvalue weighted by molar-refractivity contribution is 5.38. The van der Waals surface area contributed by atoms with Crippen LogP contribution >= 0.6 is 0 Å². The van der Waals surface area contributed by atoms with Crippen molar-refractivity contribution in [3.63, 3.8) is 0 Å². The van der Waals surface area contributed by atoms with Gasteiger partial charge in [0.25, 0.3) is 0 Å². The lowest BCUT2D eigenvalue weighted by atomic mass is 9.78. The van der Waals surface area contributed by atoms with E-state index in [4.69, 9.17) is 0 Å². The second-order valence-corrected chi connectivity index (χ2v) is 7.74. The van der Waals surface area contributed by atoms with Gasteiger partial charge in [0.05, 0.1) is 0 Å². The average Bonchev–Trinajstić information content (AvgIpc) is 2.71. The van der Waals surface area contributed by atoms with E-state index in [9.17, 15) is 13.2 Å². The third-order valence-corrected chi connectivity index (χ3v) is 5.51. The molecule has 0 heterocycles. The first-order valence-electron chi connectivity index (χ1n) is 10.4. The molecule has 0 unspecified atom stereocenters. The van der Waals surface area contributed by atoms with E-state index in [2.05, 4.69) is 47.8 Å². The minimum absolute atomic E-state index is 0.218. The van der Waals surface area contributed by atoms with E-state index in [1.807, 2.05) is 0 Å². The first kappa shape index (κ1) is 21.3. The van der Waals surface area contributed by atoms with Gasteiger partial charge >= 0.3 is 6.36 Å². The quantitative estimate of drug-likeness (QED) is 0.480. The van der Waals surface area contributed by atoms with E-state index in [1.54, 1.807) is 12.1 Å². The molecule has 0 amide bonds. The third kappa shape index (κ3) is 6.85. The number of ether oxygens (including phenoxy) is 1. The summed E-state index contributed by atoms with van der Waals surface area (Å²) in [6.45, 7) is 2.22. The number of unbranched alkanes of at least 4 members (excludes halogenated alkanes) is 1. The van der Waals surface area contributed by atoms with Crippen molar-refractivity contribution < 1.29 is 17.9 Å². The minimum Gasteiger partial charge on any atom is -0.406 e. The van der Waals surface area contributed by atoms with Crippen LogP contribution in [0.15, 0.2) is 48.5 Å². The Balaban J connectivity index is 1.50. The number of hydrogen-bond acceptors (Lipinski definition) is 1. The Labute approximate surface area is 171 Å². The molecule has 0 aromatic heterocycles. The Kier molecular flexibility index (Phi) is 7.25. The third-order valence-electron chi connectivity index (χ3n) is 5.51. The molecule has 1 saturated carbocycles. The zero-order valence-electron chi connectivity index (χ0n) is 16.8. The van der Waals surface area contributed by atoms with Gasteiger partial charge in [0.15, 0.2) is 0 Å². The maximum atomic E-state index is 12.2. The first-order chi connectivity index (χ1) is 13.9. The molecule has 1 nitrogen and oxygen atoms in total. The summed E-state index contributed by atoms with van der Waals surface area (Å²) in [5, 5.41) is 0. The van der Waals surface area contributed by atoms with Crippen LogP contribution in [0.4, 0.5) is 13.2 Å². The summed E-state index contributed by atoms with van der Waals surface area (Å²) in [7, 11) is 0. The van der Waals surface area contributed by atoms with E-state index in [-0.39, 0.29) is 5.75 Å². The molecule has 1 fully saturated rings. The molecule has 0 bridgehead atoms. The van der Waals surface area contributed by atoms with Gasteiger partial charge in [-0.25, -0.2) is 0 Å². The molecule has 2 aromatic rings. The topological polar surface area (TPSA) is 9.23 Å². The number of halogens is 3. The summed E-state index contributed by atoms with van der Waals surface area (Å²) >= 11 is 0.